The van der Waals surface area contributed by atoms with E-state index in [1.807, 2.05) is 45.0 Å². The first-order chi connectivity index (χ1) is 9.85. The summed E-state index contributed by atoms with van der Waals surface area (Å²) < 4.78 is 5.77. The Hall–Kier alpha value is -1.51. The summed E-state index contributed by atoms with van der Waals surface area (Å²) in [5.41, 5.74) is 0.474. The number of carbonyl (C=O) groups is 1. The predicted octanol–water partition coefficient (Wildman–Crippen LogP) is 4.17. The number of hydrogen-bond donors (Lipinski definition) is 1. The highest BCUT2D eigenvalue weighted by molar-refractivity contribution is 5.94. The molecule has 1 aromatic rings. The third-order valence-corrected chi connectivity index (χ3v) is 4.01. The van der Waals surface area contributed by atoms with Gasteiger partial charge in [-0.25, -0.2) is 0 Å². The standard InChI is InChI=1S/C18H27NO2/c1-13(14-7-5-6-8-14)19-17(20)15-9-11-16(12-10-15)21-18(2,3)4/h9-14H,5-8H2,1-4H3,(H,19,20). The van der Waals surface area contributed by atoms with Crippen molar-refractivity contribution in [3.63, 3.8) is 0 Å². The summed E-state index contributed by atoms with van der Waals surface area (Å²) >= 11 is 0. The molecule has 1 atom stereocenters. The van der Waals surface area contributed by atoms with E-state index in [4.69, 9.17) is 4.74 Å². The van der Waals surface area contributed by atoms with Gasteiger partial charge in [-0.05, 0) is 70.7 Å². The van der Waals surface area contributed by atoms with Crippen LogP contribution in [0.1, 0.15) is 63.7 Å². The largest absolute Gasteiger partial charge is 0.488 e. The van der Waals surface area contributed by atoms with Crippen molar-refractivity contribution in [3.8, 4) is 5.75 Å². The van der Waals surface area contributed by atoms with Crippen LogP contribution in [0.25, 0.3) is 0 Å². The molecule has 1 unspecified atom stereocenters. The molecule has 0 spiro atoms. The molecule has 3 heteroatoms. The van der Waals surface area contributed by atoms with Crippen molar-refractivity contribution in [1.29, 1.82) is 0 Å². The molecule has 1 fully saturated rings. The molecule has 0 saturated heterocycles. The summed E-state index contributed by atoms with van der Waals surface area (Å²) in [5.74, 6) is 1.44. The summed E-state index contributed by atoms with van der Waals surface area (Å²) in [4.78, 5) is 12.3. The van der Waals surface area contributed by atoms with Crippen molar-refractivity contribution in [2.75, 3.05) is 0 Å². The summed E-state index contributed by atoms with van der Waals surface area (Å²) in [6, 6.07) is 7.64. The van der Waals surface area contributed by atoms with Gasteiger partial charge in [0, 0.05) is 11.6 Å². The number of nitrogens with one attached hydrogen (secondary N) is 1. The summed E-state index contributed by atoms with van der Waals surface area (Å²) in [5, 5.41) is 3.13. The maximum Gasteiger partial charge on any atom is 0.251 e. The van der Waals surface area contributed by atoms with Crippen LogP contribution in [-0.2, 0) is 0 Å². The number of hydrogen-bond acceptors (Lipinski definition) is 2. The highest BCUT2D eigenvalue weighted by Gasteiger charge is 2.23. The highest BCUT2D eigenvalue weighted by Crippen LogP contribution is 2.27. The fourth-order valence-corrected chi connectivity index (χ4v) is 2.89. The molecule has 0 heterocycles. The van der Waals surface area contributed by atoms with Crippen molar-refractivity contribution in [2.45, 2.75) is 65.0 Å². The van der Waals surface area contributed by atoms with Gasteiger partial charge in [-0.15, -0.1) is 0 Å². The Morgan fingerprint density at radius 2 is 1.76 bits per heavy atom. The number of ether oxygens (including phenoxy) is 1. The Balaban J connectivity index is 1.93. The zero-order chi connectivity index (χ0) is 15.5. The molecule has 0 radical (unpaired) electrons. The second-order valence-electron chi connectivity index (χ2n) is 7.05. The molecule has 21 heavy (non-hydrogen) atoms. The van der Waals surface area contributed by atoms with Crippen LogP contribution in [0.3, 0.4) is 0 Å². The smallest absolute Gasteiger partial charge is 0.251 e. The Morgan fingerprint density at radius 1 is 1.19 bits per heavy atom. The number of benzene rings is 1. The van der Waals surface area contributed by atoms with Crippen LogP contribution < -0.4 is 10.1 Å². The first-order valence-corrected chi connectivity index (χ1v) is 7.95. The van der Waals surface area contributed by atoms with Gasteiger partial charge in [0.05, 0.1) is 0 Å². The third kappa shape index (κ3) is 4.76. The molecule has 116 valence electrons. The molecule has 2 rings (SSSR count). The normalized spacial score (nSPS) is 17.5. The molecule has 1 aliphatic carbocycles. The molecule has 1 aliphatic rings. The number of amides is 1. The fourth-order valence-electron chi connectivity index (χ4n) is 2.89. The molecule has 1 aromatic carbocycles. The second kappa shape index (κ2) is 6.50. The predicted molar refractivity (Wildman–Crippen MR) is 85.7 cm³/mol. The van der Waals surface area contributed by atoms with Crippen LogP contribution in [-0.4, -0.2) is 17.6 Å². The Bertz CT molecular complexity index is 467. The van der Waals surface area contributed by atoms with Gasteiger partial charge in [0.1, 0.15) is 11.4 Å². The average Bonchev–Trinajstić information content (AvgIpc) is 2.91. The number of rotatable bonds is 4. The lowest BCUT2D eigenvalue weighted by atomic mass is 9.99. The van der Waals surface area contributed by atoms with E-state index in [1.54, 1.807) is 0 Å². The van der Waals surface area contributed by atoms with E-state index in [9.17, 15) is 4.79 Å². The zero-order valence-electron chi connectivity index (χ0n) is 13.6. The Labute approximate surface area is 128 Å². The van der Waals surface area contributed by atoms with Crippen molar-refractivity contribution >= 4 is 5.91 Å². The van der Waals surface area contributed by atoms with E-state index in [1.165, 1.54) is 25.7 Å². The van der Waals surface area contributed by atoms with Gasteiger partial charge in [-0.1, -0.05) is 12.8 Å². The molecular weight excluding hydrogens is 262 g/mol. The molecular formula is C18H27NO2. The van der Waals surface area contributed by atoms with E-state index >= 15 is 0 Å². The lowest BCUT2D eigenvalue weighted by Gasteiger charge is -2.22. The third-order valence-electron chi connectivity index (χ3n) is 4.01. The van der Waals surface area contributed by atoms with Gasteiger partial charge in [0.15, 0.2) is 0 Å². The van der Waals surface area contributed by atoms with Crippen LogP contribution in [0.15, 0.2) is 24.3 Å². The van der Waals surface area contributed by atoms with Crippen LogP contribution >= 0.6 is 0 Å². The summed E-state index contributed by atoms with van der Waals surface area (Å²) in [7, 11) is 0. The van der Waals surface area contributed by atoms with Crippen molar-refractivity contribution in [2.24, 2.45) is 5.92 Å². The first-order valence-electron chi connectivity index (χ1n) is 7.95. The van der Waals surface area contributed by atoms with Crippen LogP contribution in [0, 0.1) is 5.92 Å². The SMILES string of the molecule is CC(NC(=O)c1ccc(OC(C)(C)C)cc1)C1CCCC1. The quantitative estimate of drug-likeness (QED) is 0.903. The lowest BCUT2D eigenvalue weighted by molar-refractivity contribution is 0.0927. The monoisotopic (exact) mass is 289 g/mol. The molecule has 1 amide bonds. The molecule has 1 saturated carbocycles. The van der Waals surface area contributed by atoms with E-state index < -0.39 is 0 Å². The number of carbonyl (C=O) groups excluding carboxylic acids is 1. The summed E-state index contributed by atoms with van der Waals surface area (Å²) in [6.45, 7) is 8.15. The molecule has 1 N–H and O–H groups in total. The summed E-state index contributed by atoms with van der Waals surface area (Å²) in [6.07, 6.45) is 5.06. The maximum absolute atomic E-state index is 12.3. The van der Waals surface area contributed by atoms with Gasteiger partial charge < -0.3 is 10.1 Å². The molecule has 0 bridgehead atoms. The van der Waals surface area contributed by atoms with E-state index in [-0.39, 0.29) is 17.6 Å². The minimum absolute atomic E-state index is 0.0108. The Kier molecular flexibility index (Phi) is 4.92. The van der Waals surface area contributed by atoms with Gasteiger partial charge in [0.2, 0.25) is 0 Å². The molecule has 0 aromatic heterocycles. The average molecular weight is 289 g/mol. The van der Waals surface area contributed by atoms with Crippen LogP contribution in [0.2, 0.25) is 0 Å². The van der Waals surface area contributed by atoms with E-state index in [0.29, 0.717) is 11.5 Å². The topological polar surface area (TPSA) is 38.3 Å². The first kappa shape index (κ1) is 15.9. The minimum Gasteiger partial charge on any atom is -0.488 e. The van der Waals surface area contributed by atoms with Gasteiger partial charge >= 0.3 is 0 Å². The van der Waals surface area contributed by atoms with E-state index in [0.717, 1.165) is 5.75 Å². The second-order valence-corrected chi connectivity index (χ2v) is 7.05. The molecule has 0 aliphatic heterocycles. The van der Waals surface area contributed by atoms with Crippen molar-refractivity contribution in [3.05, 3.63) is 29.8 Å². The fraction of sp³-hybridized carbons (Fsp3) is 0.611. The van der Waals surface area contributed by atoms with E-state index in [2.05, 4.69) is 12.2 Å². The van der Waals surface area contributed by atoms with Gasteiger partial charge in [-0.3, -0.25) is 4.79 Å². The van der Waals surface area contributed by atoms with Gasteiger partial charge in [0.25, 0.3) is 5.91 Å². The Morgan fingerprint density at radius 3 is 2.29 bits per heavy atom. The van der Waals surface area contributed by atoms with Crippen LogP contribution in [0.5, 0.6) is 5.75 Å². The van der Waals surface area contributed by atoms with Crippen LogP contribution in [0.4, 0.5) is 0 Å². The lowest BCUT2D eigenvalue weighted by Crippen LogP contribution is -2.37. The maximum atomic E-state index is 12.3. The van der Waals surface area contributed by atoms with Crippen molar-refractivity contribution in [1.82, 2.24) is 5.32 Å². The minimum atomic E-state index is -0.221. The molecule has 3 nitrogen and oxygen atoms in total. The van der Waals surface area contributed by atoms with Gasteiger partial charge in [-0.2, -0.15) is 0 Å². The van der Waals surface area contributed by atoms with Crippen molar-refractivity contribution < 1.29 is 9.53 Å². The highest BCUT2D eigenvalue weighted by atomic mass is 16.5. The zero-order valence-corrected chi connectivity index (χ0v) is 13.6.